The summed E-state index contributed by atoms with van der Waals surface area (Å²) >= 11 is 0. The van der Waals surface area contributed by atoms with Crippen LogP contribution in [-0.4, -0.2) is 13.2 Å². The second-order valence-corrected chi connectivity index (χ2v) is 7.46. The maximum atomic E-state index is 12.6. The molecule has 0 heterocycles. The van der Waals surface area contributed by atoms with Crippen LogP contribution in [0.3, 0.4) is 0 Å². The van der Waals surface area contributed by atoms with E-state index >= 15 is 0 Å². The molecule has 2 fully saturated rings. The number of rotatable bonds is 4. The van der Waals surface area contributed by atoms with Crippen molar-refractivity contribution in [2.45, 2.75) is 29.4 Å². The third-order valence-electron chi connectivity index (χ3n) is 4.78. The Labute approximate surface area is 102 Å². The number of sulfone groups is 1. The largest absolute Gasteiger partial charge is 0.223 e. The van der Waals surface area contributed by atoms with Gasteiger partial charge in [-0.2, -0.15) is 0 Å². The van der Waals surface area contributed by atoms with Crippen LogP contribution in [0.2, 0.25) is 0 Å². The zero-order valence-electron chi connectivity index (χ0n) is 9.89. The molecule has 3 atom stereocenters. The lowest BCUT2D eigenvalue weighted by Gasteiger charge is -2.09. The molecule has 2 aliphatic carbocycles. The van der Waals surface area contributed by atoms with Crippen LogP contribution in [0.1, 0.15) is 19.8 Å². The zero-order valence-corrected chi connectivity index (χ0v) is 10.7. The van der Waals surface area contributed by atoms with Gasteiger partial charge in [-0.25, -0.2) is 8.42 Å². The van der Waals surface area contributed by atoms with E-state index in [0.29, 0.717) is 4.90 Å². The molecule has 3 rings (SSSR count). The van der Waals surface area contributed by atoms with Crippen LogP contribution in [0, 0.1) is 11.3 Å². The molecule has 0 saturated heterocycles. The monoisotopic (exact) mass is 248 g/mol. The fourth-order valence-corrected chi connectivity index (χ4v) is 6.35. The highest BCUT2D eigenvalue weighted by Crippen LogP contribution is 2.88. The van der Waals surface area contributed by atoms with Crippen molar-refractivity contribution < 1.29 is 8.42 Å². The Hall–Kier alpha value is -1.09. The lowest BCUT2D eigenvalue weighted by atomic mass is 10.0. The first-order valence-electron chi connectivity index (χ1n) is 5.93. The van der Waals surface area contributed by atoms with Gasteiger partial charge in [-0.15, -0.1) is 6.58 Å². The van der Waals surface area contributed by atoms with Gasteiger partial charge in [0.05, 0.1) is 9.64 Å². The molecule has 17 heavy (non-hydrogen) atoms. The molecule has 0 unspecified atom stereocenters. The summed E-state index contributed by atoms with van der Waals surface area (Å²) < 4.78 is 24.8. The van der Waals surface area contributed by atoms with Gasteiger partial charge < -0.3 is 0 Å². The molecule has 3 heteroatoms. The summed E-state index contributed by atoms with van der Waals surface area (Å²) in [4.78, 5) is 0.468. The number of hydrogen-bond donors (Lipinski definition) is 0. The number of allylic oxidation sites excluding steroid dienone is 1. The van der Waals surface area contributed by atoms with Gasteiger partial charge in [0.2, 0.25) is 0 Å². The Bertz CT molecular complexity index is 575. The third-order valence-corrected chi connectivity index (χ3v) is 7.54. The summed E-state index contributed by atoms with van der Waals surface area (Å²) in [6, 6.07) is 8.82. The van der Waals surface area contributed by atoms with Crippen LogP contribution in [-0.2, 0) is 9.84 Å². The van der Waals surface area contributed by atoms with Crippen LogP contribution in [0.15, 0.2) is 47.9 Å². The van der Waals surface area contributed by atoms with Crippen LogP contribution in [0.5, 0.6) is 0 Å². The third kappa shape index (κ3) is 1.04. The van der Waals surface area contributed by atoms with Gasteiger partial charge in [-0.3, -0.25) is 0 Å². The number of fused-ring (bicyclic) bond motifs is 1. The summed E-state index contributed by atoms with van der Waals surface area (Å²) in [7, 11) is -3.17. The lowest BCUT2D eigenvalue weighted by molar-refractivity contribution is 0.522. The van der Waals surface area contributed by atoms with E-state index in [1.165, 1.54) is 0 Å². The van der Waals surface area contributed by atoms with Gasteiger partial charge >= 0.3 is 0 Å². The molecule has 0 aromatic heterocycles. The van der Waals surface area contributed by atoms with Crippen LogP contribution < -0.4 is 0 Å². The van der Waals surface area contributed by atoms with Gasteiger partial charge in [-0.05, 0) is 36.3 Å². The first kappa shape index (κ1) is 11.0. The standard InChI is InChI=1S/C14H16O2S/c1-3-9-13-10-14(13,11(13)2)17(15,16)12-7-5-4-6-8-12/h3-8,11H,1,9-10H2,2H3/t11-,13-,14-/m1/s1. The minimum atomic E-state index is -3.17. The van der Waals surface area contributed by atoms with E-state index in [-0.39, 0.29) is 11.3 Å². The summed E-state index contributed by atoms with van der Waals surface area (Å²) in [5.74, 6) is 0.276. The molecule has 2 saturated carbocycles. The molecule has 0 N–H and O–H groups in total. The molecule has 0 aliphatic heterocycles. The van der Waals surface area contributed by atoms with E-state index in [9.17, 15) is 8.42 Å². The van der Waals surface area contributed by atoms with E-state index < -0.39 is 14.6 Å². The van der Waals surface area contributed by atoms with Crippen molar-refractivity contribution >= 4 is 9.84 Å². The molecule has 90 valence electrons. The van der Waals surface area contributed by atoms with Crippen molar-refractivity contribution in [2.24, 2.45) is 11.3 Å². The summed E-state index contributed by atoms with van der Waals surface area (Å²) in [5.41, 5.74) is 0.00340. The maximum Gasteiger partial charge on any atom is 0.184 e. The minimum absolute atomic E-state index is 0.00340. The molecule has 0 amide bonds. The molecule has 0 bridgehead atoms. The lowest BCUT2D eigenvalue weighted by Crippen LogP contribution is -2.17. The van der Waals surface area contributed by atoms with E-state index in [0.717, 1.165) is 12.8 Å². The summed E-state index contributed by atoms with van der Waals surface area (Å²) in [5, 5.41) is 0. The average Bonchev–Trinajstić information content (AvgIpc) is 3.16. The van der Waals surface area contributed by atoms with Crippen molar-refractivity contribution in [3.63, 3.8) is 0 Å². The number of hydrogen-bond acceptors (Lipinski definition) is 2. The second-order valence-electron chi connectivity index (χ2n) is 5.25. The van der Waals surface area contributed by atoms with Gasteiger partial charge in [0.1, 0.15) is 0 Å². The summed E-state index contributed by atoms with van der Waals surface area (Å²) in [6.45, 7) is 5.79. The average molecular weight is 248 g/mol. The SMILES string of the molecule is C=CC[C@]12C[C@@]1(S(=O)(=O)c1ccccc1)[C@@H]2C. The van der Waals surface area contributed by atoms with Crippen molar-refractivity contribution in [3.05, 3.63) is 43.0 Å². The highest BCUT2D eigenvalue weighted by atomic mass is 32.2. The predicted molar refractivity (Wildman–Crippen MR) is 67.4 cm³/mol. The van der Waals surface area contributed by atoms with E-state index in [1.54, 1.807) is 24.3 Å². The zero-order chi connectivity index (χ0) is 12.3. The minimum Gasteiger partial charge on any atom is -0.223 e. The Balaban J connectivity index is 2.01. The van der Waals surface area contributed by atoms with Crippen molar-refractivity contribution in [1.82, 2.24) is 0 Å². The molecule has 2 nitrogen and oxygen atoms in total. The van der Waals surface area contributed by atoms with Gasteiger partial charge in [0, 0.05) is 0 Å². The van der Waals surface area contributed by atoms with Crippen molar-refractivity contribution in [2.75, 3.05) is 0 Å². The highest BCUT2D eigenvalue weighted by Gasteiger charge is 2.93. The first-order chi connectivity index (χ1) is 8.03. The Morgan fingerprint density at radius 2 is 2.06 bits per heavy atom. The van der Waals surface area contributed by atoms with E-state index in [1.807, 2.05) is 19.1 Å². The van der Waals surface area contributed by atoms with Gasteiger partial charge in [0.25, 0.3) is 0 Å². The Morgan fingerprint density at radius 1 is 1.41 bits per heavy atom. The van der Waals surface area contributed by atoms with E-state index in [4.69, 9.17) is 0 Å². The molecule has 0 radical (unpaired) electrons. The second kappa shape index (κ2) is 3.02. The topological polar surface area (TPSA) is 34.1 Å². The highest BCUT2D eigenvalue weighted by molar-refractivity contribution is 7.93. The molecule has 0 spiro atoms. The smallest absolute Gasteiger partial charge is 0.184 e. The van der Waals surface area contributed by atoms with E-state index in [2.05, 4.69) is 6.58 Å². The first-order valence-corrected chi connectivity index (χ1v) is 7.42. The van der Waals surface area contributed by atoms with Gasteiger partial charge in [0.15, 0.2) is 9.84 Å². The molecule has 2 aliphatic rings. The van der Waals surface area contributed by atoms with Crippen molar-refractivity contribution in [3.8, 4) is 0 Å². The van der Waals surface area contributed by atoms with Crippen LogP contribution in [0.25, 0.3) is 0 Å². The molecular formula is C14H16O2S. The molecule has 1 aromatic carbocycles. The van der Waals surface area contributed by atoms with Gasteiger partial charge in [-0.1, -0.05) is 31.2 Å². The number of benzene rings is 1. The normalized spacial score (nSPS) is 38.3. The Kier molecular flexibility index (Phi) is 1.96. The quantitative estimate of drug-likeness (QED) is 0.768. The predicted octanol–water partition coefficient (Wildman–Crippen LogP) is 2.82. The molecular weight excluding hydrogens is 232 g/mol. The fourth-order valence-electron chi connectivity index (χ4n) is 3.54. The maximum absolute atomic E-state index is 12.6. The summed E-state index contributed by atoms with van der Waals surface area (Å²) in [6.07, 6.45) is 3.48. The van der Waals surface area contributed by atoms with Crippen LogP contribution >= 0.6 is 0 Å². The van der Waals surface area contributed by atoms with Crippen molar-refractivity contribution in [1.29, 1.82) is 0 Å². The Morgan fingerprint density at radius 3 is 2.59 bits per heavy atom. The molecule has 1 aromatic rings. The van der Waals surface area contributed by atoms with Crippen LogP contribution in [0.4, 0.5) is 0 Å². The fraction of sp³-hybridized carbons (Fsp3) is 0.429.